The summed E-state index contributed by atoms with van der Waals surface area (Å²) in [5, 5.41) is 14.5. The molecule has 0 aromatic carbocycles. The Morgan fingerprint density at radius 2 is 2.17 bits per heavy atom. The molecule has 130 valence electrons. The number of aliphatic hydroxyl groups is 1. The molecule has 0 aliphatic carbocycles. The minimum Gasteiger partial charge on any atom is -0.388 e. The van der Waals surface area contributed by atoms with Gasteiger partial charge in [-0.05, 0) is 31.9 Å². The normalized spacial score (nSPS) is 22.0. The van der Waals surface area contributed by atoms with Crippen LogP contribution in [0.5, 0.6) is 0 Å². The Morgan fingerprint density at radius 3 is 2.75 bits per heavy atom. The molecule has 3 heterocycles. The van der Waals surface area contributed by atoms with E-state index >= 15 is 0 Å². The largest absolute Gasteiger partial charge is 0.417 e. The lowest BCUT2D eigenvalue weighted by Gasteiger charge is -2.39. The van der Waals surface area contributed by atoms with E-state index in [1.54, 1.807) is 11.8 Å². The number of piperidine rings is 1. The molecule has 6 nitrogen and oxygen atoms in total. The van der Waals surface area contributed by atoms with Crippen molar-refractivity contribution >= 4 is 5.82 Å². The Hall–Kier alpha value is -2.16. The van der Waals surface area contributed by atoms with Crippen molar-refractivity contribution in [3.63, 3.8) is 0 Å². The van der Waals surface area contributed by atoms with Crippen LogP contribution in [0.25, 0.3) is 0 Å². The first kappa shape index (κ1) is 16.7. The van der Waals surface area contributed by atoms with Crippen molar-refractivity contribution in [2.24, 2.45) is 0 Å². The van der Waals surface area contributed by atoms with Gasteiger partial charge >= 0.3 is 6.18 Å². The summed E-state index contributed by atoms with van der Waals surface area (Å²) < 4.78 is 42.9. The van der Waals surface area contributed by atoms with Crippen molar-refractivity contribution in [2.45, 2.75) is 38.0 Å². The van der Waals surface area contributed by atoms with Crippen molar-refractivity contribution in [3.8, 4) is 0 Å². The minimum atomic E-state index is -4.41. The molecular weight excluding hydrogens is 325 g/mol. The van der Waals surface area contributed by atoms with E-state index in [1.165, 1.54) is 6.07 Å². The molecule has 24 heavy (non-hydrogen) atoms. The highest BCUT2D eigenvalue weighted by atomic mass is 19.4. The highest BCUT2D eigenvalue weighted by molar-refractivity contribution is 5.41. The van der Waals surface area contributed by atoms with Crippen LogP contribution in [0.1, 0.15) is 30.1 Å². The minimum absolute atomic E-state index is 0.199. The van der Waals surface area contributed by atoms with Crippen molar-refractivity contribution in [2.75, 3.05) is 18.0 Å². The Kier molecular flexibility index (Phi) is 4.20. The number of nitrogens with zero attached hydrogens (tertiary/aromatic N) is 4. The first-order valence-corrected chi connectivity index (χ1v) is 7.55. The van der Waals surface area contributed by atoms with Crippen LogP contribution in [0.15, 0.2) is 22.9 Å². The second kappa shape index (κ2) is 6.04. The third-order valence-electron chi connectivity index (χ3n) is 4.00. The maximum absolute atomic E-state index is 12.6. The lowest BCUT2D eigenvalue weighted by Crippen LogP contribution is -2.50. The monoisotopic (exact) mass is 342 g/mol. The molecule has 1 N–H and O–H groups in total. The van der Waals surface area contributed by atoms with E-state index in [-0.39, 0.29) is 13.0 Å². The molecule has 2 aromatic heterocycles. The topological polar surface area (TPSA) is 75.3 Å². The predicted octanol–water partition coefficient (Wildman–Crippen LogP) is 2.37. The number of pyridine rings is 1. The summed E-state index contributed by atoms with van der Waals surface area (Å²) in [6, 6.07) is 2.32. The van der Waals surface area contributed by atoms with Gasteiger partial charge in [-0.2, -0.15) is 18.2 Å². The number of aryl methyl sites for hydroxylation is 1. The molecule has 0 saturated carbocycles. The fraction of sp³-hybridized carbons (Fsp3) is 0.533. The number of β-amino-alcohol motifs (C(OH)–C–C–N with tert-alkyl or cyclic N) is 1. The van der Waals surface area contributed by atoms with Crippen molar-refractivity contribution in [1.29, 1.82) is 0 Å². The molecule has 1 saturated heterocycles. The number of anilines is 1. The lowest BCUT2D eigenvalue weighted by molar-refractivity contribution is -0.137. The molecule has 1 aliphatic rings. The fourth-order valence-corrected chi connectivity index (χ4v) is 2.89. The number of rotatable bonds is 3. The number of alkyl halides is 3. The van der Waals surface area contributed by atoms with Crippen LogP contribution < -0.4 is 4.90 Å². The number of aromatic nitrogens is 3. The SMILES string of the molecule is Cc1noc(CC2(O)CCCN(c3ccc(C(F)(F)F)cn3)C2)n1. The van der Waals surface area contributed by atoms with Crippen LogP contribution in [0.4, 0.5) is 19.0 Å². The van der Waals surface area contributed by atoms with Crippen molar-refractivity contribution in [1.82, 2.24) is 15.1 Å². The highest BCUT2D eigenvalue weighted by Gasteiger charge is 2.36. The Balaban J connectivity index is 1.73. The van der Waals surface area contributed by atoms with Gasteiger partial charge in [0.1, 0.15) is 5.82 Å². The standard InChI is InChI=1S/C15H17F3N4O2/c1-10-20-13(24-21-10)7-14(23)5-2-6-22(9-14)12-4-3-11(8-19-12)15(16,17)18/h3-4,8,23H,2,5-7,9H2,1H3. The predicted molar refractivity (Wildman–Crippen MR) is 78.4 cm³/mol. The second-order valence-electron chi connectivity index (χ2n) is 6.06. The molecule has 0 spiro atoms. The van der Waals surface area contributed by atoms with Crippen LogP contribution in [0.2, 0.25) is 0 Å². The second-order valence-corrected chi connectivity index (χ2v) is 6.06. The number of hydrogen-bond donors (Lipinski definition) is 1. The van der Waals surface area contributed by atoms with Crippen LogP contribution in [0, 0.1) is 6.92 Å². The summed E-state index contributed by atoms with van der Waals surface area (Å²) in [6.45, 7) is 2.55. The molecule has 3 rings (SSSR count). The maximum atomic E-state index is 12.6. The van der Waals surface area contributed by atoms with E-state index in [1.807, 2.05) is 0 Å². The first-order chi connectivity index (χ1) is 11.3. The third-order valence-corrected chi connectivity index (χ3v) is 4.00. The zero-order valence-electron chi connectivity index (χ0n) is 13.0. The average Bonchev–Trinajstić information content (AvgIpc) is 2.91. The summed E-state index contributed by atoms with van der Waals surface area (Å²) in [6.07, 6.45) is -2.17. The molecular formula is C15H17F3N4O2. The van der Waals surface area contributed by atoms with E-state index < -0.39 is 17.3 Å². The van der Waals surface area contributed by atoms with Gasteiger partial charge < -0.3 is 14.5 Å². The molecule has 9 heteroatoms. The summed E-state index contributed by atoms with van der Waals surface area (Å²) in [5.41, 5.74) is -1.87. The van der Waals surface area contributed by atoms with Gasteiger partial charge in [0.05, 0.1) is 17.6 Å². The van der Waals surface area contributed by atoms with Crippen LogP contribution in [0.3, 0.4) is 0 Å². The van der Waals surface area contributed by atoms with E-state index in [4.69, 9.17) is 4.52 Å². The summed E-state index contributed by atoms with van der Waals surface area (Å²) in [5.74, 6) is 1.24. The van der Waals surface area contributed by atoms with Crippen LogP contribution in [-0.4, -0.2) is 38.9 Å². The van der Waals surface area contributed by atoms with E-state index in [0.29, 0.717) is 36.9 Å². The molecule has 1 aliphatic heterocycles. The molecule has 2 aromatic rings. The van der Waals surface area contributed by atoms with Crippen LogP contribution >= 0.6 is 0 Å². The lowest BCUT2D eigenvalue weighted by atomic mass is 9.89. The third kappa shape index (κ3) is 3.66. The van der Waals surface area contributed by atoms with Gasteiger partial charge in [0.15, 0.2) is 5.82 Å². The number of hydrogen-bond acceptors (Lipinski definition) is 6. The van der Waals surface area contributed by atoms with Gasteiger partial charge in [0.25, 0.3) is 0 Å². The molecule has 1 atom stereocenters. The highest BCUT2D eigenvalue weighted by Crippen LogP contribution is 2.31. The van der Waals surface area contributed by atoms with Gasteiger partial charge in [-0.15, -0.1) is 0 Å². The molecule has 1 unspecified atom stereocenters. The summed E-state index contributed by atoms with van der Waals surface area (Å²) >= 11 is 0. The van der Waals surface area contributed by atoms with E-state index in [9.17, 15) is 18.3 Å². The smallest absolute Gasteiger partial charge is 0.388 e. The van der Waals surface area contributed by atoms with Gasteiger partial charge in [-0.3, -0.25) is 0 Å². The van der Waals surface area contributed by atoms with Gasteiger partial charge in [-0.1, -0.05) is 5.16 Å². The Morgan fingerprint density at radius 1 is 1.38 bits per heavy atom. The molecule has 0 amide bonds. The van der Waals surface area contributed by atoms with Gasteiger partial charge in [0, 0.05) is 19.3 Å². The van der Waals surface area contributed by atoms with Gasteiger partial charge in [-0.25, -0.2) is 4.98 Å². The Labute approximate surface area is 136 Å². The van der Waals surface area contributed by atoms with E-state index in [0.717, 1.165) is 12.3 Å². The maximum Gasteiger partial charge on any atom is 0.417 e. The first-order valence-electron chi connectivity index (χ1n) is 7.55. The van der Waals surface area contributed by atoms with Crippen molar-refractivity contribution < 1.29 is 22.8 Å². The molecule has 0 bridgehead atoms. The van der Waals surface area contributed by atoms with Crippen LogP contribution in [-0.2, 0) is 12.6 Å². The molecule has 0 radical (unpaired) electrons. The summed E-state index contributed by atoms with van der Waals surface area (Å²) in [7, 11) is 0. The quantitative estimate of drug-likeness (QED) is 0.923. The zero-order chi connectivity index (χ0) is 17.4. The Bertz CT molecular complexity index is 701. The van der Waals surface area contributed by atoms with E-state index in [2.05, 4.69) is 15.1 Å². The average molecular weight is 342 g/mol. The molecule has 1 fully saturated rings. The van der Waals surface area contributed by atoms with Crippen molar-refractivity contribution in [3.05, 3.63) is 35.6 Å². The van der Waals surface area contributed by atoms with Gasteiger partial charge in [0.2, 0.25) is 5.89 Å². The number of halogens is 3. The summed E-state index contributed by atoms with van der Waals surface area (Å²) in [4.78, 5) is 9.75. The fourth-order valence-electron chi connectivity index (χ4n) is 2.89. The zero-order valence-corrected chi connectivity index (χ0v) is 13.0.